The monoisotopic (exact) mass is 588 g/mol. The molecule has 0 aliphatic carbocycles. The quantitative estimate of drug-likeness (QED) is 0.0866. The van der Waals surface area contributed by atoms with Crippen molar-refractivity contribution < 1.29 is 29.1 Å². The van der Waals surface area contributed by atoms with Gasteiger partial charge in [-0.15, -0.1) is 0 Å². The summed E-state index contributed by atoms with van der Waals surface area (Å²) in [7, 11) is 0. The Bertz CT molecular complexity index is 1200. The van der Waals surface area contributed by atoms with Crippen molar-refractivity contribution in [3.63, 3.8) is 0 Å². The van der Waals surface area contributed by atoms with Gasteiger partial charge in [0.25, 0.3) is 0 Å². The second kappa shape index (κ2) is 17.7. The van der Waals surface area contributed by atoms with E-state index >= 15 is 0 Å². The number of nitrogens with two attached hydrogens (primary N) is 4. The fourth-order valence-electron chi connectivity index (χ4n) is 4.50. The molecule has 4 unspecified atom stereocenters. The van der Waals surface area contributed by atoms with Crippen LogP contribution >= 0.6 is 0 Å². The van der Waals surface area contributed by atoms with Gasteiger partial charge in [-0.05, 0) is 63.2 Å². The molecule has 2 aromatic rings. The predicted molar refractivity (Wildman–Crippen MR) is 158 cm³/mol. The second-order valence-corrected chi connectivity index (χ2v) is 10.3. The topological polar surface area (TPSA) is 262 Å². The zero-order valence-corrected chi connectivity index (χ0v) is 23.8. The highest BCUT2D eigenvalue weighted by atomic mass is 16.4. The van der Waals surface area contributed by atoms with Gasteiger partial charge < -0.3 is 49.0 Å². The van der Waals surface area contributed by atoms with Crippen LogP contribution in [0, 0.1) is 0 Å². The van der Waals surface area contributed by atoms with E-state index in [-0.39, 0.29) is 25.7 Å². The van der Waals surface area contributed by atoms with E-state index < -0.39 is 53.8 Å². The van der Waals surface area contributed by atoms with E-state index in [1.165, 1.54) is 0 Å². The number of unbranched alkanes of at least 4 members (excludes halogenated alkanes) is 2. The van der Waals surface area contributed by atoms with E-state index in [1.54, 1.807) is 6.20 Å². The third kappa shape index (κ3) is 11.1. The van der Waals surface area contributed by atoms with Crippen LogP contribution in [0.4, 0.5) is 0 Å². The summed E-state index contributed by atoms with van der Waals surface area (Å²) in [5.74, 6) is -3.93. The Morgan fingerprint density at radius 1 is 0.786 bits per heavy atom. The number of carbonyl (C=O) groups is 5. The minimum Gasteiger partial charge on any atom is -0.480 e. The van der Waals surface area contributed by atoms with E-state index in [0.29, 0.717) is 50.8 Å². The highest BCUT2D eigenvalue weighted by Gasteiger charge is 2.30. The molecule has 14 nitrogen and oxygen atoms in total. The number of hydrogen-bond acceptors (Lipinski definition) is 8. The van der Waals surface area contributed by atoms with Crippen LogP contribution in [0.25, 0.3) is 10.9 Å². The molecule has 0 radical (unpaired) electrons. The van der Waals surface area contributed by atoms with Gasteiger partial charge in [-0.25, -0.2) is 4.79 Å². The Kier molecular flexibility index (Phi) is 14.4. The molecule has 2 rings (SSSR count). The molecule has 0 spiro atoms. The molecular weight excluding hydrogens is 544 g/mol. The number of fused-ring (bicyclic) bond motifs is 1. The van der Waals surface area contributed by atoms with Gasteiger partial charge in [-0.1, -0.05) is 24.6 Å². The number of carboxylic acids is 1. The number of primary amides is 1. The SMILES string of the molecule is NCCCCC(N)C(=O)NC(CCC(N)=O)C(=O)NC(CCCCN)C(=O)NC(Cc1c[nH]c2ccccc12)C(=O)O. The average molecular weight is 589 g/mol. The van der Waals surface area contributed by atoms with Crippen LogP contribution in [0.1, 0.15) is 56.9 Å². The van der Waals surface area contributed by atoms with Crippen LogP contribution in [-0.2, 0) is 30.4 Å². The van der Waals surface area contributed by atoms with Gasteiger partial charge in [0.2, 0.25) is 23.6 Å². The summed E-state index contributed by atoms with van der Waals surface area (Å²) in [5.41, 5.74) is 23.8. The summed E-state index contributed by atoms with van der Waals surface area (Å²) in [4.78, 5) is 65.9. The number of para-hydroxylation sites is 1. The summed E-state index contributed by atoms with van der Waals surface area (Å²) >= 11 is 0. The molecule has 0 aliphatic rings. The summed E-state index contributed by atoms with van der Waals surface area (Å²) in [6.45, 7) is 0.816. The third-order valence-corrected chi connectivity index (χ3v) is 6.91. The smallest absolute Gasteiger partial charge is 0.326 e. The summed E-state index contributed by atoms with van der Waals surface area (Å²) in [5, 5.41) is 18.4. The molecule has 0 saturated carbocycles. The molecule has 0 bridgehead atoms. The number of carboxylic acid groups (broad SMARTS) is 1. The Balaban J connectivity index is 2.17. The molecular formula is C28H44N8O6. The van der Waals surface area contributed by atoms with Crippen LogP contribution in [0.15, 0.2) is 30.5 Å². The maximum absolute atomic E-state index is 13.3. The molecule has 1 heterocycles. The molecule has 4 amide bonds. The number of nitrogens with one attached hydrogen (secondary N) is 4. The molecule has 0 saturated heterocycles. The van der Waals surface area contributed by atoms with E-state index in [9.17, 15) is 29.1 Å². The number of rotatable bonds is 20. The van der Waals surface area contributed by atoms with Crippen molar-refractivity contribution in [3.05, 3.63) is 36.0 Å². The van der Waals surface area contributed by atoms with Gasteiger partial charge in [-0.2, -0.15) is 0 Å². The number of carbonyl (C=O) groups excluding carboxylic acids is 4. The molecule has 14 heteroatoms. The predicted octanol–water partition coefficient (Wildman–Crippen LogP) is -0.900. The minimum atomic E-state index is -1.28. The molecule has 4 atom stereocenters. The number of amides is 4. The zero-order valence-electron chi connectivity index (χ0n) is 23.8. The number of hydrogen-bond donors (Lipinski definition) is 9. The molecule has 0 aliphatic heterocycles. The first-order valence-electron chi connectivity index (χ1n) is 14.2. The number of benzene rings is 1. The molecule has 232 valence electrons. The lowest BCUT2D eigenvalue weighted by molar-refractivity contribution is -0.142. The molecule has 0 fully saturated rings. The number of aliphatic carboxylic acids is 1. The fraction of sp³-hybridized carbons (Fsp3) is 0.536. The molecule has 42 heavy (non-hydrogen) atoms. The second-order valence-electron chi connectivity index (χ2n) is 10.3. The molecule has 1 aromatic heterocycles. The summed E-state index contributed by atoms with van der Waals surface area (Å²) in [6.07, 6.45) is 4.26. The van der Waals surface area contributed by atoms with Crippen molar-refractivity contribution in [2.24, 2.45) is 22.9 Å². The highest BCUT2D eigenvalue weighted by molar-refractivity contribution is 5.94. The van der Waals surface area contributed by atoms with Crippen LogP contribution in [-0.4, -0.2) is 76.9 Å². The fourth-order valence-corrected chi connectivity index (χ4v) is 4.50. The number of aromatic amines is 1. The summed E-state index contributed by atoms with van der Waals surface area (Å²) < 4.78 is 0. The Hall–Kier alpha value is -4.01. The molecule has 1 aromatic carbocycles. The normalized spacial score (nSPS) is 14.0. The Morgan fingerprint density at radius 3 is 1.98 bits per heavy atom. The van der Waals surface area contributed by atoms with Gasteiger partial charge >= 0.3 is 5.97 Å². The lowest BCUT2D eigenvalue weighted by atomic mass is 10.0. The van der Waals surface area contributed by atoms with E-state index in [2.05, 4.69) is 20.9 Å². The van der Waals surface area contributed by atoms with Gasteiger partial charge in [0.1, 0.15) is 18.1 Å². The van der Waals surface area contributed by atoms with Crippen LogP contribution in [0.3, 0.4) is 0 Å². The first-order valence-corrected chi connectivity index (χ1v) is 14.2. The standard InChI is InChI=1S/C28H44N8O6/c29-13-5-3-8-19(31)25(38)34-22(11-12-24(32)37)27(40)35-21(10-4-6-14-30)26(39)36-23(28(41)42)15-17-16-33-20-9-2-1-7-18(17)20/h1-2,7,9,16,19,21-23,33H,3-6,8,10-15,29-31H2,(H2,32,37)(H,34,38)(H,35,40)(H,36,39)(H,41,42). The van der Waals surface area contributed by atoms with Crippen molar-refractivity contribution in [1.29, 1.82) is 0 Å². The van der Waals surface area contributed by atoms with Crippen molar-refractivity contribution >= 4 is 40.5 Å². The van der Waals surface area contributed by atoms with Gasteiger partial charge in [-0.3, -0.25) is 19.2 Å². The molecule has 13 N–H and O–H groups in total. The maximum Gasteiger partial charge on any atom is 0.326 e. The van der Waals surface area contributed by atoms with Crippen LogP contribution < -0.4 is 38.9 Å². The number of H-pyrrole nitrogens is 1. The Labute approximate surface area is 244 Å². The zero-order chi connectivity index (χ0) is 31.1. The van der Waals surface area contributed by atoms with Crippen molar-refractivity contribution in [2.75, 3.05) is 13.1 Å². The van der Waals surface area contributed by atoms with Gasteiger partial charge in [0, 0.05) is 29.9 Å². The first-order chi connectivity index (χ1) is 20.1. The first kappa shape index (κ1) is 34.2. The van der Waals surface area contributed by atoms with Crippen molar-refractivity contribution in [1.82, 2.24) is 20.9 Å². The third-order valence-electron chi connectivity index (χ3n) is 6.91. The average Bonchev–Trinajstić information content (AvgIpc) is 3.36. The van der Waals surface area contributed by atoms with E-state index in [4.69, 9.17) is 22.9 Å². The Morgan fingerprint density at radius 2 is 1.36 bits per heavy atom. The van der Waals surface area contributed by atoms with E-state index in [0.717, 1.165) is 10.9 Å². The van der Waals surface area contributed by atoms with Crippen molar-refractivity contribution in [2.45, 2.75) is 82.0 Å². The number of aromatic nitrogens is 1. The highest BCUT2D eigenvalue weighted by Crippen LogP contribution is 2.19. The van der Waals surface area contributed by atoms with Crippen molar-refractivity contribution in [3.8, 4) is 0 Å². The largest absolute Gasteiger partial charge is 0.480 e. The lowest BCUT2D eigenvalue weighted by Gasteiger charge is -2.25. The van der Waals surface area contributed by atoms with E-state index in [1.807, 2.05) is 24.3 Å². The lowest BCUT2D eigenvalue weighted by Crippen LogP contribution is -2.57. The van der Waals surface area contributed by atoms with Gasteiger partial charge in [0.15, 0.2) is 0 Å². The maximum atomic E-state index is 13.3. The summed E-state index contributed by atoms with van der Waals surface area (Å²) in [6, 6.07) is 2.89. The van der Waals surface area contributed by atoms with Gasteiger partial charge in [0.05, 0.1) is 6.04 Å². The van der Waals surface area contributed by atoms with Crippen LogP contribution in [0.2, 0.25) is 0 Å². The van der Waals surface area contributed by atoms with Crippen LogP contribution in [0.5, 0.6) is 0 Å². The minimum absolute atomic E-state index is 0.00783.